The molecule has 29 heavy (non-hydrogen) atoms. The molecule has 6 heteroatoms. The van der Waals surface area contributed by atoms with Gasteiger partial charge < -0.3 is 14.8 Å². The number of nitrogens with zero attached hydrogens (tertiary/aromatic N) is 1. The molecule has 1 aromatic carbocycles. The van der Waals surface area contributed by atoms with Crippen molar-refractivity contribution in [3.63, 3.8) is 0 Å². The van der Waals surface area contributed by atoms with E-state index in [0.29, 0.717) is 19.4 Å². The lowest BCUT2D eigenvalue weighted by Crippen LogP contribution is -2.55. The number of amides is 1. The number of nitrogens with one attached hydrogen (secondary N) is 1. The van der Waals surface area contributed by atoms with E-state index in [9.17, 15) is 9.59 Å². The summed E-state index contributed by atoms with van der Waals surface area (Å²) in [6, 6.07) is 7.38. The van der Waals surface area contributed by atoms with E-state index in [-0.39, 0.29) is 17.4 Å². The van der Waals surface area contributed by atoms with E-state index in [4.69, 9.17) is 9.47 Å². The van der Waals surface area contributed by atoms with Gasteiger partial charge in [0.2, 0.25) is 5.91 Å². The summed E-state index contributed by atoms with van der Waals surface area (Å²) in [6.07, 6.45) is 5.22. The van der Waals surface area contributed by atoms with E-state index >= 15 is 0 Å². The van der Waals surface area contributed by atoms with Crippen LogP contribution in [0.5, 0.6) is 0 Å². The predicted molar refractivity (Wildman–Crippen MR) is 112 cm³/mol. The summed E-state index contributed by atoms with van der Waals surface area (Å²) in [5, 5.41) is 2.98. The fourth-order valence-corrected chi connectivity index (χ4v) is 4.62. The maximum Gasteiger partial charge on any atom is 0.328 e. The minimum Gasteiger partial charge on any atom is -0.464 e. The Balaban J connectivity index is 1.67. The average Bonchev–Trinajstić information content (AvgIpc) is 3.19. The summed E-state index contributed by atoms with van der Waals surface area (Å²) < 4.78 is 10.7. The molecule has 1 atom stereocenters. The lowest BCUT2D eigenvalue weighted by molar-refractivity contribution is -0.147. The largest absolute Gasteiger partial charge is 0.464 e. The topological polar surface area (TPSA) is 67.9 Å². The van der Waals surface area contributed by atoms with Gasteiger partial charge >= 0.3 is 5.97 Å². The monoisotopic (exact) mass is 402 g/mol. The van der Waals surface area contributed by atoms with Crippen LogP contribution in [0.3, 0.4) is 0 Å². The number of aryl methyl sites for hydroxylation is 1. The third-order valence-corrected chi connectivity index (χ3v) is 6.17. The van der Waals surface area contributed by atoms with Crippen LogP contribution in [0.4, 0.5) is 0 Å². The number of carbonyl (C=O) groups is 2. The van der Waals surface area contributed by atoms with Crippen LogP contribution < -0.4 is 5.32 Å². The number of morpholine rings is 1. The maximum absolute atomic E-state index is 13.0. The fourth-order valence-electron chi connectivity index (χ4n) is 4.62. The zero-order chi connectivity index (χ0) is 20.7. The first-order chi connectivity index (χ1) is 14.0. The van der Waals surface area contributed by atoms with E-state index in [2.05, 4.69) is 10.2 Å². The number of rotatable bonds is 8. The Hall–Kier alpha value is -1.92. The molecule has 0 spiro atoms. The first-order valence-corrected chi connectivity index (χ1v) is 10.9. The Morgan fingerprint density at radius 1 is 1.17 bits per heavy atom. The van der Waals surface area contributed by atoms with Crippen molar-refractivity contribution in [3.05, 3.63) is 35.4 Å². The van der Waals surface area contributed by atoms with Gasteiger partial charge in [-0.05, 0) is 32.3 Å². The predicted octanol–water partition coefficient (Wildman–Crippen LogP) is 2.62. The van der Waals surface area contributed by atoms with Crippen molar-refractivity contribution in [2.24, 2.45) is 0 Å². The highest BCUT2D eigenvalue weighted by Gasteiger charge is 2.42. The van der Waals surface area contributed by atoms with Crippen LogP contribution in [0.25, 0.3) is 0 Å². The van der Waals surface area contributed by atoms with Crippen LogP contribution in [0, 0.1) is 6.92 Å². The molecule has 2 fully saturated rings. The fraction of sp³-hybridized carbons (Fsp3) is 0.652. The quantitative estimate of drug-likeness (QED) is 0.677. The molecule has 1 unspecified atom stereocenters. The molecule has 6 nitrogen and oxygen atoms in total. The molecule has 1 saturated carbocycles. The molecule has 1 heterocycles. The molecule has 1 aliphatic carbocycles. The average molecular weight is 403 g/mol. The van der Waals surface area contributed by atoms with Crippen molar-refractivity contribution in [1.82, 2.24) is 10.2 Å². The molecule has 0 radical (unpaired) electrons. The van der Waals surface area contributed by atoms with Crippen LogP contribution in [-0.4, -0.2) is 61.3 Å². The second kappa shape index (κ2) is 10.2. The van der Waals surface area contributed by atoms with E-state index in [1.807, 2.05) is 31.2 Å². The highest BCUT2D eigenvalue weighted by Crippen LogP contribution is 2.38. The van der Waals surface area contributed by atoms with Crippen LogP contribution in [0.15, 0.2) is 24.3 Å². The second-order valence-corrected chi connectivity index (χ2v) is 8.27. The lowest BCUT2D eigenvalue weighted by atomic mass is 9.89. The van der Waals surface area contributed by atoms with E-state index in [0.717, 1.165) is 57.6 Å². The number of ether oxygens (including phenoxy) is 2. The molecule has 1 saturated heterocycles. The summed E-state index contributed by atoms with van der Waals surface area (Å²) in [5.74, 6) is -0.433. The number of hydrogen-bond acceptors (Lipinski definition) is 5. The van der Waals surface area contributed by atoms with Gasteiger partial charge in [0.25, 0.3) is 0 Å². The van der Waals surface area contributed by atoms with E-state index in [1.54, 1.807) is 6.92 Å². The van der Waals surface area contributed by atoms with Crippen molar-refractivity contribution >= 4 is 11.9 Å². The molecule has 160 valence electrons. The van der Waals surface area contributed by atoms with E-state index in [1.165, 1.54) is 5.56 Å². The van der Waals surface area contributed by atoms with Crippen LogP contribution in [-0.2, 0) is 25.5 Å². The van der Waals surface area contributed by atoms with Gasteiger partial charge in [0, 0.05) is 31.5 Å². The Labute approximate surface area is 173 Å². The van der Waals surface area contributed by atoms with E-state index < -0.39 is 6.04 Å². The van der Waals surface area contributed by atoms with Gasteiger partial charge in [0.15, 0.2) is 0 Å². The smallest absolute Gasteiger partial charge is 0.328 e. The van der Waals surface area contributed by atoms with Crippen LogP contribution in [0.2, 0.25) is 0 Å². The highest BCUT2D eigenvalue weighted by molar-refractivity contribution is 5.85. The molecule has 0 bridgehead atoms. The molecule has 0 aromatic heterocycles. The van der Waals surface area contributed by atoms with Gasteiger partial charge in [0.05, 0.1) is 19.8 Å². The molecule has 1 N–H and O–H groups in total. The SMILES string of the molecule is CCOC(=O)C(Cc1ccc(C)cc1)NC(=O)CC1(N2CCOCC2)CCCC1. The second-order valence-electron chi connectivity index (χ2n) is 8.27. The minimum absolute atomic E-state index is 0.0662. The molecule has 1 aromatic rings. The molecular weight excluding hydrogens is 368 g/mol. The number of carbonyl (C=O) groups excluding carboxylic acids is 2. The molecular formula is C23H34N2O4. The van der Waals surface area contributed by atoms with Crippen molar-refractivity contribution in [2.45, 2.75) is 64.0 Å². The molecule has 1 amide bonds. The first kappa shape index (κ1) is 21.8. The summed E-state index contributed by atoms with van der Waals surface area (Å²) >= 11 is 0. The van der Waals surface area contributed by atoms with Gasteiger partial charge in [-0.1, -0.05) is 42.7 Å². The summed E-state index contributed by atoms with van der Waals surface area (Å²) in [7, 11) is 0. The summed E-state index contributed by atoms with van der Waals surface area (Å²) in [4.78, 5) is 28.0. The van der Waals surface area contributed by atoms with Crippen molar-refractivity contribution in [3.8, 4) is 0 Å². The highest BCUT2D eigenvalue weighted by atomic mass is 16.5. The van der Waals surface area contributed by atoms with Gasteiger partial charge in [-0.15, -0.1) is 0 Å². The Bertz CT molecular complexity index is 677. The number of hydrogen-bond donors (Lipinski definition) is 1. The van der Waals surface area contributed by atoms with Crippen LogP contribution >= 0.6 is 0 Å². The van der Waals surface area contributed by atoms with Gasteiger partial charge in [-0.2, -0.15) is 0 Å². The van der Waals surface area contributed by atoms with Gasteiger partial charge in [-0.25, -0.2) is 4.79 Å². The van der Waals surface area contributed by atoms with Crippen molar-refractivity contribution in [1.29, 1.82) is 0 Å². The normalized spacial score (nSPS) is 20.2. The summed E-state index contributed by atoms with van der Waals surface area (Å²) in [6.45, 7) is 7.31. The van der Waals surface area contributed by atoms with Gasteiger partial charge in [-0.3, -0.25) is 9.69 Å². The number of esters is 1. The zero-order valence-electron chi connectivity index (χ0n) is 17.7. The maximum atomic E-state index is 13.0. The number of benzene rings is 1. The Kier molecular flexibility index (Phi) is 7.67. The molecule has 3 rings (SSSR count). The Morgan fingerprint density at radius 2 is 1.83 bits per heavy atom. The van der Waals surface area contributed by atoms with Crippen molar-refractivity contribution < 1.29 is 19.1 Å². The van der Waals surface area contributed by atoms with Gasteiger partial charge in [0.1, 0.15) is 6.04 Å². The minimum atomic E-state index is -0.659. The molecule has 1 aliphatic heterocycles. The Morgan fingerprint density at radius 3 is 2.45 bits per heavy atom. The zero-order valence-corrected chi connectivity index (χ0v) is 17.7. The van der Waals surface area contributed by atoms with Crippen molar-refractivity contribution in [2.75, 3.05) is 32.9 Å². The lowest BCUT2D eigenvalue weighted by Gasteiger charge is -2.43. The third kappa shape index (κ3) is 5.80. The first-order valence-electron chi connectivity index (χ1n) is 10.9. The van der Waals surface area contributed by atoms with Crippen LogP contribution in [0.1, 0.15) is 50.2 Å². The molecule has 2 aliphatic rings. The standard InChI is InChI=1S/C23H34N2O4/c1-3-29-22(27)20(16-19-8-6-18(2)7-9-19)24-21(26)17-23(10-4-5-11-23)25-12-14-28-15-13-25/h6-9,20H,3-5,10-17H2,1-2H3,(H,24,26). The summed E-state index contributed by atoms with van der Waals surface area (Å²) in [5.41, 5.74) is 2.08. The third-order valence-electron chi connectivity index (χ3n) is 6.17.